The highest BCUT2D eigenvalue weighted by Crippen LogP contribution is 2.52. The van der Waals surface area contributed by atoms with Crippen LogP contribution in [0.25, 0.3) is 0 Å². The van der Waals surface area contributed by atoms with Gasteiger partial charge in [0.25, 0.3) is 11.4 Å². The lowest BCUT2D eigenvalue weighted by atomic mass is 9.74. The van der Waals surface area contributed by atoms with Gasteiger partial charge in [0.1, 0.15) is 24.7 Å². The SMILES string of the molecule is C[C@@]12NC(N)=N[C@]13N(C[C@@H](OS(=O)(=O)O)C3(O)O)C(N)=[N+]([O-])[C@H]2COC(N)=O. The van der Waals surface area contributed by atoms with Crippen LogP contribution in [-0.2, 0) is 19.3 Å². The summed E-state index contributed by atoms with van der Waals surface area (Å²) in [6, 6.07) is -1.43. The van der Waals surface area contributed by atoms with Crippen LogP contribution >= 0.6 is 0 Å². The second kappa shape index (κ2) is 5.70. The predicted molar refractivity (Wildman–Crippen MR) is 88.3 cm³/mol. The van der Waals surface area contributed by atoms with Crippen LogP contribution in [0.4, 0.5) is 4.79 Å². The van der Waals surface area contributed by atoms with E-state index >= 15 is 0 Å². The zero-order valence-electron chi connectivity index (χ0n) is 14.3. The number of guanidine groups is 2. The van der Waals surface area contributed by atoms with Crippen LogP contribution < -0.4 is 22.5 Å². The lowest BCUT2D eigenvalue weighted by Crippen LogP contribution is -2.82. The summed E-state index contributed by atoms with van der Waals surface area (Å²) < 4.78 is 40.5. The molecule has 0 saturated carbocycles. The van der Waals surface area contributed by atoms with Gasteiger partial charge in [-0.3, -0.25) is 15.0 Å². The van der Waals surface area contributed by atoms with Gasteiger partial charge in [-0.05, 0) is 6.92 Å². The average Bonchev–Trinajstić information content (AvgIpc) is 2.91. The van der Waals surface area contributed by atoms with Crippen molar-refractivity contribution in [3.8, 4) is 0 Å². The number of carbonyl (C=O) groups is 1. The molecule has 0 bridgehead atoms. The minimum absolute atomic E-state index is 0.203. The molecule has 0 unspecified atom stereocenters. The first-order valence-electron chi connectivity index (χ1n) is 7.70. The summed E-state index contributed by atoms with van der Waals surface area (Å²) in [7, 11) is -5.13. The van der Waals surface area contributed by atoms with E-state index in [1.54, 1.807) is 0 Å². The molecule has 3 aliphatic heterocycles. The Morgan fingerprint density at radius 3 is 2.64 bits per heavy atom. The van der Waals surface area contributed by atoms with Crippen LogP contribution in [0.5, 0.6) is 0 Å². The average molecular weight is 425 g/mol. The monoisotopic (exact) mass is 425 g/mol. The summed E-state index contributed by atoms with van der Waals surface area (Å²) >= 11 is 0. The van der Waals surface area contributed by atoms with E-state index in [1.807, 2.05) is 0 Å². The molecule has 17 heteroatoms. The van der Waals surface area contributed by atoms with E-state index in [4.69, 9.17) is 21.8 Å². The zero-order chi connectivity index (χ0) is 21.3. The number of hydrogen-bond donors (Lipinski definition) is 7. The topological polar surface area (TPSA) is 262 Å². The van der Waals surface area contributed by atoms with Gasteiger partial charge in [-0.15, -0.1) is 0 Å². The molecule has 1 fully saturated rings. The number of nitrogens with one attached hydrogen (secondary N) is 1. The minimum atomic E-state index is -5.13. The fourth-order valence-electron chi connectivity index (χ4n) is 4.05. The molecule has 0 aromatic heterocycles. The normalized spacial score (nSPS) is 36.4. The van der Waals surface area contributed by atoms with Crippen molar-refractivity contribution in [1.29, 1.82) is 0 Å². The number of amides is 1. The Balaban J connectivity index is 2.19. The molecule has 10 N–H and O–H groups in total. The van der Waals surface area contributed by atoms with Crippen LogP contribution in [0.3, 0.4) is 0 Å². The quantitative estimate of drug-likeness (QED) is 0.0962. The van der Waals surface area contributed by atoms with Crippen LogP contribution in [-0.4, -0.2) is 93.1 Å². The number of carbonyl (C=O) groups excluding carboxylic acids is 1. The largest absolute Gasteiger partial charge is 0.744 e. The maximum Gasteiger partial charge on any atom is 0.404 e. The number of nitrogens with zero attached hydrogens (tertiary/aromatic N) is 3. The number of rotatable bonds is 4. The van der Waals surface area contributed by atoms with Crippen molar-refractivity contribution >= 4 is 28.4 Å². The molecular weight excluding hydrogens is 406 g/mol. The second-order valence-corrected chi connectivity index (χ2v) is 7.72. The molecule has 0 aliphatic carbocycles. The van der Waals surface area contributed by atoms with Crippen molar-refractivity contribution < 1.29 is 41.6 Å². The Morgan fingerprint density at radius 2 is 2.11 bits per heavy atom. The third kappa shape index (κ3) is 2.44. The van der Waals surface area contributed by atoms with Crippen molar-refractivity contribution in [1.82, 2.24) is 10.2 Å². The van der Waals surface area contributed by atoms with Gasteiger partial charge in [-0.25, -0.2) is 18.9 Å². The number of primary amides is 1. The Morgan fingerprint density at radius 1 is 1.50 bits per heavy atom. The van der Waals surface area contributed by atoms with Gasteiger partial charge in [0.2, 0.25) is 0 Å². The molecule has 158 valence electrons. The van der Waals surface area contributed by atoms with E-state index in [-0.39, 0.29) is 10.7 Å². The van der Waals surface area contributed by atoms with Gasteiger partial charge in [0.05, 0.1) is 0 Å². The fourth-order valence-corrected chi connectivity index (χ4v) is 4.54. The lowest BCUT2D eigenvalue weighted by Gasteiger charge is -2.52. The number of aliphatic hydroxyl groups is 2. The molecular formula is C11H19N7O9S. The fraction of sp³-hybridized carbons (Fsp3) is 0.727. The molecule has 4 atom stereocenters. The van der Waals surface area contributed by atoms with Crippen LogP contribution in [0.2, 0.25) is 0 Å². The Bertz CT molecular complexity index is 889. The number of ether oxygens (including phenoxy) is 1. The van der Waals surface area contributed by atoms with Crippen molar-refractivity contribution in [2.75, 3.05) is 13.2 Å². The summed E-state index contributed by atoms with van der Waals surface area (Å²) in [6.07, 6.45) is -3.22. The van der Waals surface area contributed by atoms with Gasteiger partial charge >= 0.3 is 22.5 Å². The summed E-state index contributed by atoms with van der Waals surface area (Å²) in [5.74, 6) is -4.10. The molecule has 0 aromatic carbocycles. The maximum absolute atomic E-state index is 12.7. The molecule has 3 rings (SSSR count). The molecule has 0 radical (unpaired) electrons. The third-order valence-electron chi connectivity index (χ3n) is 5.17. The van der Waals surface area contributed by atoms with E-state index in [2.05, 4.69) is 19.2 Å². The van der Waals surface area contributed by atoms with Crippen molar-refractivity contribution in [2.45, 2.75) is 36.1 Å². The number of aliphatic imine (C=N–C) groups is 1. The Labute approximate surface area is 157 Å². The van der Waals surface area contributed by atoms with Gasteiger partial charge in [0.15, 0.2) is 12.1 Å². The minimum Gasteiger partial charge on any atom is -0.744 e. The van der Waals surface area contributed by atoms with E-state index in [1.165, 1.54) is 6.92 Å². The summed E-state index contributed by atoms with van der Waals surface area (Å²) in [6.45, 7) is -0.0249. The Kier molecular flexibility index (Phi) is 4.10. The molecule has 1 spiro atoms. The van der Waals surface area contributed by atoms with Gasteiger partial charge in [-0.2, -0.15) is 8.42 Å². The number of hydroxylamine groups is 1. The highest BCUT2D eigenvalue weighted by Gasteiger charge is 2.82. The van der Waals surface area contributed by atoms with E-state index in [9.17, 15) is 28.6 Å². The van der Waals surface area contributed by atoms with Gasteiger partial charge < -0.3 is 36.9 Å². The maximum atomic E-state index is 12.7. The van der Waals surface area contributed by atoms with Crippen molar-refractivity contribution in [3.63, 3.8) is 0 Å². The van der Waals surface area contributed by atoms with E-state index in [0.29, 0.717) is 0 Å². The zero-order valence-corrected chi connectivity index (χ0v) is 15.2. The molecule has 1 amide bonds. The first-order chi connectivity index (χ1) is 12.7. The molecule has 28 heavy (non-hydrogen) atoms. The van der Waals surface area contributed by atoms with Crippen molar-refractivity contribution in [2.24, 2.45) is 22.2 Å². The number of hydrogen-bond acceptors (Lipinski definition) is 13. The van der Waals surface area contributed by atoms with Gasteiger partial charge in [0, 0.05) is 0 Å². The number of nitrogens with two attached hydrogens (primary N) is 3. The third-order valence-corrected chi connectivity index (χ3v) is 5.64. The standard InChI is InChI=1S/C11H19N7O9S/c1-9-4(3-26-8(14)19)18(22)7(13)17-2-5(27-28(23,24)25)10(20,21)11(9,17)16-6(12)15-9/h4-5,20-21H,2-3,13H2,1H3,(H2,14,19)(H3,12,15,16)(H,23,24,25)/t4-,5+,9-,11-/m0/s1. The molecule has 1 saturated heterocycles. The Hall–Kier alpha value is -2.60. The summed E-state index contributed by atoms with van der Waals surface area (Å²) in [5, 5.41) is 37.0. The van der Waals surface area contributed by atoms with E-state index in [0.717, 1.165) is 4.90 Å². The molecule has 0 aromatic rings. The summed E-state index contributed by atoms with van der Waals surface area (Å²) in [5.41, 5.74) is 12.4. The lowest BCUT2D eigenvalue weighted by molar-refractivity contribution is -0.540. The second-order valence-electron chi connectivity index (χ2n) is 6.68. The molecule has 16 nitrogen and oxygen atoms in total. The molecule has 3 aliphatic rings. The molecule has 3 heterocycles. The van der Waals surface area contributed by atoms with Crippen LogP contribution in [0.1, 0.15) is 6.92 Å². The van der Waals surface area contributed by atoms with E-state index < -0.39 is 64.7 Å². The smallest absolute Gasteiger partial charge is 0.404 e. The first kappa shape index (κ1) is 20.1. The van der Waals surface area contributed by atoms with Crippen molar-refractivity contribution in [3.05, 3.63) is 5.21 Å². The summed E-state index contributed by atoms with van der Waals surface area (Å²) in [4.78, 5) is 15.9. The first-order valence-corrected chi connectivity index (χ1v) is 9.06. The highest BCUT2D eigenvalue weighted by atomic mass is 32.3. The van der Waals surface area contributed by atoms with Crippen LogP contribution in [0.15, 0.2) is 4.99 Å². The predicted octanol–water partition coefficient (Wildman–Crippen LogP) is -5.15. The van der Waals surface area contributed by atoms with Gasteiger partial charge in [-0.1, -0.05) is 0 Å². The van der Waals surface area contributed by atoms with Crippen LogP contribution in [0, 0.1) is 5.21 Å². The highest BCUT2D eigenvalue weighted by molar-refractivity contribution is 7.80.